The van der Waals surface area contributed by atoms with Gasteiger partial charge < -0.3 is 0 Å². The summed E-state index contributed by atoms with van der Waals surface area (Å²) < 4.78 is 2.20. The lowest BCUT2D eigenvalue weighted by molar-refractivity contribution is 1.59. The Labute approximate surface area is 236 Å². The Kier molecular flexibility index (Phi) is 6.77. The Bertz CT molecular complexity index is 1480. The van der Waals surface area contributed by atoms with Crippen molar-refractivity contribution < 1.29 is 0 Å². The fraction of sp³-hybridized carbons (Fsp3) is 0. The van der Waals surface area contributed by atoms with E-state index >= 15 is 0 Å². The first kappa shape index (κ1) is 23.6. The second-order valence-corrected chi connectivity index (χ2v) is 12.5. The minimum atomic E-state index is 1.10. The number of halogens is 2. The number of rotatable bonds is 5. The molecule has 0 N–H and O–H groups in total. The van der Waals surface area contributed by atoms with Crippen molar-refractivity contribution in [2.75, 3.05) is 0 Å². The number of thiophene rings is 2. The summed E-state index contributed by atoms with van der Waals surface area (Å²) in [5.74, 6) is 0. The van der Waals surface area contributed by atoms with Gasteiger partial charge in [0.2, 0.25) is 0 Å². The molecule has 6 aromatic rings. The van der Waals surface area contributed by atoms with E-state index in [0.29, 0.717) is 0 Å². The van der Waals surface area contributed by atoms with Crippen LogP contribution in [0.1, 0.15) is 0 Å². The summed E-state index contributed by atoms with van der Waals surface area (Å²) in [5.41, 5.74) is 7.44. The standard InChI is InChI=1S/C32H20Br2S2/c33-27-13-9-23(10-14-27)21-1-5-25(6-2-21)29-17-19-31(35-29)32-20-18-30(36-32)26-7-3-22(4-8-26)24-11-15-28(34)16-12-24/h1-20H. The van der Waals surface area contributed by atoms with E-state index in [9.17, 15) is 0 Å². The fourth-order valence-corrected chi connectivity index (χ4v) is 6.83. The van der Waals surface area contributed by atoms with Crippen molar-refractivity contribution in [2.24, 2.45) is 0 Å². The van der Waals surface area contributed by atoms with E-state index in [-0.39, 0.29) is 0 Å². The van der Waals surface area contributed by atoms with E-state index in [1.807, 2.05) is 22.7 Å². The first-order valence-electron chi connectivity index (χ1n) is 11.6. The van der Waals surface area contributed by atoms with Gasteiger partial charge in [0.05, 0.1) is 0 Å². The summed E-state index contributed by atoms with van der Waals surface area (Å²) in [5, 5.41) is 0. The molecule has 0 aliphatic rings. The van der Waals surface area contributed by atoms with Gasteiger partial charge in [0.25, 0.3) is 0 Å². The van der Waals surface area contributed by atoms with Crippen LogP contribution < -0.4 is 0 Å². The highest BCUT2D eigenvalue weighted by molar-refractivity contribution is 9.10. The zero-order valence-corrected chi connectivity index (χ0v) is 23.9. The highest BCUT2D eigenvalue weighted by Gasteiger charge is 2.10. The van der Waals surface area contributed by atoms with Crippen molar-refractivity contribution >= 4 is 54.5 Å². The first-order valence-corrected chi connectivity index (χ1v) is 14.8. The Morgan fingerprint density at radius 3 is 0.861 bits per heavy atom. The van der Waals surface area contributed by atoms with Gasteiger partial charge in [0, 0.05) is 28.5 Å². The van der Waals surface area contributed by atoms with Gasteiger partial charge in [-0.05, 0) is 81.9 Å². The lowest BCUT2D eigenvalue weighted by Gasteiger charge is -2.04. The summed E-state index contributed by atoms with van der Waals surface area (Å²) in [6.07, 6.45) is 0. The third-order valence-corrected chi connectivity index (χ3v) is 9.67. The van der Waals surface area contributed by atoms with E-state index in [2.05, 4.69) is 153 Å². The monoisotopic (exact) mass is 626 g/mol. The molecule has 0 saturated carbocycles. The highest BCUT2D eigenvalue weighted by Crippen LogP contribution is 2.41. The van der Waals surface area contributed by atoms with Crippen molar-refractivity contribution in [3.8, 4) is 52.9 Å². The summed E-state index contributed by atoms with van der Waals surface area (Å²) in [4.78, 5) is 5.21. The van der Waals surface area contributed by atoms with Crippen LogP contribution in [0.25, 0.3) is 52.9 Å². The van der Waals surface area contributed by atoms with Gasteiger partial charge >= 0.3 is 0 Å². The average molecular weight is 628 g/mol. The van der Waals surface area contributed by atoms with Crippen LogP contribution >= 0.6 is 54.5 Å². The third-order valence-electron chi connectivity index (χ3n) is 6.15. The minimum Gasteiger partial charge on any atom is -0.134 e. The first-order chi connectivity index (χ1) is 17.6. The Hall–Kier alpha value is -2.76. The molecule has 0 nitrogen and oxygen atoms in total. The second-order valence-electron chi connectivity index (χ2n) is 8.50. The molecule has 0 unspecified atom stereocenters. The molecular formula is C32H20Br2S2. The summed E-state index contributed by atoms with van der Waals surface area (Å²) in [6.45, 7) is 0. The van der Waals surface area contributed by atoms with Crippen LogP contribution in [0.15, 0.2) is 130 Å². The molecule has 0 atom stereocenters. The molecule has 4 heteroatoms. The van der Waals surface area contributed by atoms with Gasteiger partial charge in [-0.2, -0.15) is 0 Å². The van der Waals surface area contributed by atoms with E-state index in [4.69, 9.17) is 0 Å². The van der Waals surface area contributed by atoms with Gasteiger partial charge in [0.15, 0.2) is 0 Å². The molecule has 0 bridgehead atoms. The number of hydrogen-bond donors (Lipinski definition) is 0. The van der Waals surface area contributed by atoms with E-state index in [0.717, 1.165) is 8.95 Å². The van der Waals surface area contributed by atoms with Gasteiger partial charge in [-0.3, -0.25) is 0 Å². The lowest BCUT2D eigenvalue weighted by Crippen LogP contribution is -1.78. The van der Waals surface area contributed by atoms with Crippen molar-refractivity contribution in [1.82, 2.24) is 0 Å². The van der Waals surface area contributed by atoms with Crippen molar-refractivity contribution in [3.63, 3.8) is 0 Å². The summed E-state index contributed by atoms with van der Waals surface area (Å²) in [6, 6.07) is 43.6. The van der Waals surface area contributed by atoms with Crippen LogP contribution in [-0.2, 0) is 0 Å². The van der Waals surface area contributed by atoms with E-state index in [1.54, 1.807) is 0 Å². The van der Waals surface area contributed by atoms with Crippen molar-refractivity contribution in [3.05, 3.63) is 130 Å². The molecule has 174 valence electrons. The maximum absolute atomic E-state index is 3.51. The largest absolute Gasteiger partial charge is 0.134 e. The maximum atomic E-state index is 3.51. The van der Waals surface area contributed by atoms with Crippen molar-refractivity contribution in [1.29, 1.82) is 0 Å². The molecular weight excluding hydrogens is 608 g/mol. The maximum Gasteiger partial charge on any atom is 0.0449 e. The van der Waals surface area contributed by atoms with Gasteiger partial charge in [-0.25, -0.2) is 0 Å². The molecule has 2 aromatic heterocycles. The van der Waals surface area contributed by atoms with Crippen LogP contribution in [0, 0.1) is 0 Å². The Balaban J connectivity index is 1.19. The molecule has 0 aliphatic carbocycles. The van der Waals surface area contributed by atoms with E-state index in [1.165, 1.54) is 52.9 Å². The Morgan fingerprint density at radius 2 is 0.528 bits per heavy atom. The summed E-state index contributed by atoms with van der Waals surface area (Å²) in [7, 11) is 0. The predicted molar refractivity (Wildman–Crippen MR) is 165 cm³/mol. The average Bonchev–Trinajstić information content (AvgIpc) is 3.60. The van der Waals surface area contributed by atoms with Gasteiger partial charge in [0.1, 0.15) is 0 Å². The number of benzene rings is 4. The SMILES string of the molecule is Brc1ccc(-c2ccc(-c3ccc(-c4ccc(-c5ccc(-c6ccc(Br)cc6)cc5)s4)s3)cc2)cc1. The molecule has 6 rings (SSSR count). The quantitative estimate of drug-likeness (QED) is 0.178. The molecule has 2 heterocycles. The lowest BCUT2D eigenvalue weighted by atomic mass is 10.0. The smallest absolute Gasteiger partial charge is 0.0449 e. The van der Waals surface area contributed by atoms with Crippen LogP contribution in [0.4, 0.5) is 0 Å². The molecule has 4 aromatic carbocycles. The van der Waals surface area contributed by atoms with Crippen LogP contribution in [-0.4, -0.2) is 0 Å². The van der Waals surface area contributed by atoms with Gasteiger partial charge in [-0.15, -0.1) is 22.7 Å². The van der Waals surface area contributed by atoms with E-state index < -0.39 is 0 Å². The molecule has 0 spiro atoms. The van der Waals surface area contributed by atoms with Crippen molar-refractivity contribution in [2.45, 2.75) is 0 Å². The fourth-order valence-electron chi connectivity index (χ4n) is 4.19. The molecule has 0 amide bonds. The second kappa shape index (κ2) is 10.3. The third kappa shape index (κ3) is 5.05. The zero-order valence-electron chi connectivity index (χ0n) is 19.1. The van der Waals surface area contributed by atoms with Gasteiger partial charge in [-0.1, -0.05) is 105 Å². The molecule has 0 fully saturated rings. The Morgan fingerprint density at radius 1 is 0.278 bits per heavy atom. The summed E-state index contributed by atoms with van der Waals surface area (Å²) >= 11 is 10.7. The molecule has 0 radical (unpaired) electrons. The normalized spacial score (nSPS) is 11.1. The molecule has 0 aliphatic heterocycles. The predicted octanol–water partition coefficient (Wildman–Crippen LogP) is 11.7. The zero-order chi connectivity index (χ0) is 24.5. The number of hydrogen-bond acceptors (Lipinski definition) is 2. The topological polar surface area (TPSA) is 0 Å². The molecule has 36 heavy (non-hydrogen) atoms. The minimum absolute atomic E-state index is 1.10. The van der Waals surface area contributed by atoms with Crippen LogP contribution in [0.2, 0.25) is 0 Å². The molecule has 0 saturated heterocycles. The van der Waals surface area contributed by atoms with Crippen LogP contribution in [0.3, 0.4) is 0 Å². The van der Waals surface area contributed by atoms with Crippen LogP contribution in [0.5, 0.6) is 0 Å². The highest BCUT2D eigenvalue weighted by atomic mass is 79.9.